The topological polar surface area (TPSA) is 73.3 Å². The van der Waals surface area contributed by atoms with Gasteiger partial charge in [-0.05, 0) is 73.3 Å². The molecule has 4 atom stereocenters. The first-order valence-electron chi connectivity index (χ1n) is 9.81. The fourth-order valence-electron chi connectivity index (χ4n) is 6.02. The smallest absolute Gasteiger partial charge is 0.312 e. The molecule has 0 radical (unpaired) electrons. The molecule has 3 aromatic rings. The Morgan fingerprint density at radius 2 is 1.89 bits per heavy atom. The minimum absolute atomic E-state index is 0.0681. The maximum atomic E-state index is 12.2. The lowest BCUT2D eigenvalue weighted by Crippen LogP contribution is -2.58. The van der Waals surface area contributed by atoms with E-state index in [1.54, 1.807) is 6.92 Å². The van der Waals surface area contributed by atoms with Crippen molar-refractivity contribution in [2.24, 2.45) is 11.3 Å². The molecule has 0 aliphatic heterocycles. The number of rotatable bonds is 1. The van der Waals surface area contributed by atoms with Crippen molar-refractivity contribution in [2.75, 3.05) is 0 Å². The van der Waals surface area contributed by atoms with Crippen molar-refractivity contribution in [3.63, 3.8) is 0 Å². The normalized spacial score (nSPS) is 33.0. The van der Waals surface area contributed by atoms with Gasteiger partial charge in [0.15, 0.2) is 0 Å². The van der Waals surface area contributed by atoms with E-state index in [9.17, 15) is 15.0 Å². The SMILES string of the molecule is C[C@@]1(C(=O)O)[C@@H](O)CC[C@]2(C)c3cc4c(cc3CC[C@@H]12)[nH]c1ccccc14. The molecule has 0 saturated heterocycles. The van der Waals surface area contributed by atoms with E-state index in [1.165, 1.54) is 21.9 Å². The Balaban J connectivity index is 1.75. The van der Waals surface area contributed by atoms with Crippen LogP contribution in [0.1, 0.15) is 44.2 Å². The summed E-state index contributed by atoms with van der Waals surface area (Å²) in [4.78, 5) is 15.7. The first kappa shape index (κ1) is 16.8. The van der Waals surface area contributed by atoms with Crippen LogP contribution in [-0.4, -0.2) is 27.3 Å². The van der Waals surface area contributed by atoms with Gasteiger partial charge < -0.3 is 15.2 Å². The second-order valence-electron chi connectivity index (χ2n) is 8.88. The molecule has 0 amide bonds. The number of fused-ring (bicyclic) bond motifs is 6. The molecular formula is C23H25NO3. The zero-order chi connectivity index (χ0) is 19.0. The van der Waals surface area contributed by atoms with E-state index in [-0.39, 0.29) is 11.3 Å². The third-order valence-corrected chi connectivity index (χ3v) is 7.63. The van der Waals surface area contributed by atoms with Crippen molar-refractivity contribution >= 4 is 27.8 Å². The van der Waals surface area contributed by atoms with E-state index < -0.39 is 17.5 Å². The Morgan fingerprint density at radius 1 is 1.11 bits per heavy atom. The Hall–Kier alpha value is -2.33. The van der Waals surface area contributed by atoms with E-state index in [2.05, 4.69) is 42.2 Å². The molecule has 2 aliphatic carbocycles. The summed E-state index contributed by atoms with van der Waals surface area (Å²) in [7, 11) is 0. The lowest BCUT2D eigenvalue weighted by atomic mass is 9.49. The summed E-state index contributed by atoms with van der Waals surface area (Å²) in [5.41, 5.74) is 3.54. The van der Waals surface area contributed by atoms with Gasteiger partial charge in [-0.1, -0.05) is 25.1 Å². The van der Waals surface area contributed by atoms with Crippen LogP contribution >= 0.6 is 0 Å². The predicted octanol–water partition coefficient (Wildman–Crippen LogP) is 4.39. The number of hydrogen-bond acceptors (Lipinski definition) is 2. The van der Waals surface area contributed by atoms with Gasteiger partial charge in [-0.3, -0.25) is 4.79 Å². The second kappa shape index (κ2) is 5.35. The standard InChI is InChI=1S/C23H25NO3/c1-22-10-9-20(25)23(2,21(26)27)19(22)8-7-13-11-18-15(12-16(13)22)14-5-3-4-6-17(14)24-18/h3-6,11-12,19-20,24-25H,7-10H2,1-2H3,(H,26,27)/t19-,20+,22-,23+/m1/s1. The molecular weight excluding hydrogens is 338 g/mol. The van der Waals surface area contributed by atoms with Gasteiger partial charge >= 0.3 is 5.97 Å². The number of aliphatic hydroxyl groups is 1. The van der Waals surface area contributed by atoms with Crippen LogP contribution in [0.15, 0.2) is 36.4 Å². The van der Waals surface area contributed by atoms with Crippen LogP contribution in [0.2, 0.25) is 0 Å². The Bertz CT molecular complexity index is 1080. The summed E-state index contributed by atoms with van der Waals surface area (Å²) >= 11 is 0. The molecule has 0 unspecified atom stereocenters. The molecule has 4 nitrogen and oxygen atoms in total. The summed E-state index contributed by atoms with van der Waals surface area (Å²) in [5.74, 6) is -0.941. The minimum atomic E-state index is -1.10. The molecule has 0 bridgehead atoms. The van der Waals surface area contributed by atoms with Crippen molar-refractivity contribution in [1.82, 2.24) is 4.98 Å². The number of aromatic nitrogens is 1. The summed E-state index contributed by atoms with van der Waals surface area (Å²) in [5, 5.41) is 23.0. The van der Waals surface area contributed by atoms with Crippen molar-refractivity contribution in [2.45, 2.75) is 51.0 Å². The largest absolute Gasteiger partial charge is 0.481 e. The lowest BCUT2D eigenvalue weighted by Gasteiger charge is -2.55. The quantitative estimate of drug-likeness (QED) is 0.600. The van der Waals surface area contributed by atoms with Crippen molar-refractivity contribution in [3.05, 3.63) is 47.5 Å². The van der Waals surface area contributed by atoms with E-state index in [4.69, 9.17) is 0 Å². The second-order valence-corrected chi connectivity index (χ2v) is 8.88. The number of aryl methyl sites for hydroxylation is 1. The highest BCUT2D eigenvalue weighted by atomic mass is 16.4. The summed E-state index contributed by atoms with van der Waals surface area (Å²) in [6.07, 6.45) is 2.22. The maximum absolute atomic E-state index is 12.2. The number of carboxylic acids is 1. The summed E-state index contributed by atoms with van der Waals surface area (Å²) < 4.78 is 0. The molecule has 1 aromatic heterocycles. The molecule has 0 spiro atoms. The number of hydrogen-bond donors (Lipinski definition) is 3. The Morgan fingerprint density at radius 3 is 2.67 bits per heavy atom. The van der Waals surface area contributed by atoms with E-state index in [1.807, 2.05) is 6.07 Å². The van der Waals surface area contributed by atoms with Crippen molar-refractivity contribution in [3.8, 4) is 0 Å². The van der Waals surface area contributed by atoms with Crippen LogP contribution < -0.4 is 0 Å². The number of aliphatic hydroxyl groups excluding tert-OH is 1. The molecule has 2 aromatic carbocycles. The Kier molecular flexibility index (Phi) is 3.33. The number of aromatic amines is 1. The third kappa shape index (κ3) is 2.05. The number of para-hydroxylation sites is 1. The van der Waals surface area contributed by atoms with Crippen molar-refractivity contribution < 1.29 is 15.0 Å². The van der Waals surface area contributed by atoms with Crippen LogP contribution in [0.25, 0.3) is 21.8 Å². The van der Waals surface area contributed by atoms with Crippen LogP contribution in [0.4, 0.5) is 0 Å². The number of nitrogens with one attached hydrogen (secondary N) is 1. The maximum Gasteiger partial charge on any atom is 0.312 e. The zero-order valence-electron chi connectivity index (χ0n) is 15.7. The average molecular weight is 363 g/mol. The number of H-pyrrole nitrogens is 1. The molecule has 27 heavy (non-hydrogen) atoms. The van der Waals surface area contributed by atoms with Gasteiger partial charge in [-0.15, -0.1) is 0 Å². The van der Waals surface area contributed by atoms with Gasteiger partial charge in [0.05, 0.1) is 11.5 Å². The number of carbonyl (C=O) groups is 1. The van der Waals surface area contributed by atoms with Gasteiger partial charge in [0.1, 0.15) is 0 Å². The highest BCUT2D eigenvalue weighted by Crippen LogP contribution is 2.57. The highest BCUT2D eigenvalue weighted by Gasteiger charge is 2.59. The molecule has 1 heterocycles. The van der Waals surface area contributed by atoms with Crippen LogP contribution in [-0.2, 0) is 16.6 Å². The zero-order valence-corrected chi connectivity index (χ0v) is 15.7. The highest BCUT2D eigenvalue weighted by molar-refractivity contribution is 6.07. The third-order valence-electron chi connectivity index (χ3n) is 7.63. The monoisotopic (exact) mass is 363 g/mol. The lowest BCUT2D eigenvalue weighted by molar-refractivity contribution is -0.171. The molecule has 3 N–H and O–H groups in total. The first-order chi connectivity index (χ1) is 12.9. The molecule has 140 valence electrons. The van der Waals surface area contributed by atoms with Crippen LogP contribution in [0.3, 0.4) is 0 Å². The predicted molar refractivity (Wildman–Crippen MR) is 106 cm³/mol. The van der Waals surface area contributed by atoms with Crippen LogP contribution in [0, 0.1) is 11.3 Å². The van der Waals surface area contributed by atoms with Gasteiger partial charge in [-0.2, -0.15) is 0 Å². The molecule has 2 aliphatic rings. The Labute approximate surface area is 158 Å². The number of aliphatic carboxylic acids is 1. The van der Waals surface area contributed by atoms with Gasteiger partial charge in [0.2, 0.25) is 0 Å². The average Bonchev–Trinajstić information content (AvgIpc) is 3.01. The van der Waals surface area contributed by atoms with Crippen molar-refractivity contribution in [1.29, 1.82) is 0 Å². The fraction of sp³-hybridized carbons (Fsp3) is 0.435. The molecule has 1 saturated carbocycles. The number of benzene rings is 2. The van der Waals surface area contributed by atoms with Gasteiger partial charge in [0.25, 0.3) is 0 Å². The van der Waals surface area contributed by atoms with Crippen LogP contribution in [0.5, 0.6) is 0 Å². The minimum Gasteiger partial charge on any atom is -0.481 e. The fourth-order valence-corrected chi connectivity index (χ4v) is 6.02. The van der Waals surface area contributed by atoms with E-state index in [0.717, 1.165) is 30.3 Å². The molecule has 5 rings (SSSR count). The number of carboxylic acid groups (broad SMARTS) is 1. The summed E-state index contributed by atoms with van der Waals surface area (Å²) in [6.45, 7) is 3.96. The van der Waals surface area contributed by atoms with Gasteiger partial charge in [0, 0.05) is 21.8 Å². The van der Waals surface area contributed by atoms with E-state index in [0.29, 0.717) is 6.42 Å². The first-order valence-corrected chi connectivity index (χ1v) is 9.81. The summed E-state index contributed by atoms with van der Waals surface area (Å²) in [6, 6.07) is 12.9. The van der Waals surface area contributed by atoms with E-state index >= 15 is 0 Å². The van der Waals surface area contributed by atoms with Gasteiger partial charge in [-0.25, -0.2) is 0 Å². The molecule has 4 heteroatoms. The molecule has 1 fully saturated rings.